The summed E-state index contributed by atoms with van der Waals surface area (Å²) >= 11 is 0. The maximum Gasteiger partial charge on any atom is 0.167 e. The molecule has 1 aliphatic heterocycles. The molecule has 1 N–H and O–H groups in total. The zero-order valence-electron chi connectivity index (χ0n) is 16.8. The Balaban J connectivity index is 1.42. The van der Waals surface area contributed by atoms with Gasteiger partial charge in [-0.2, -0.15) is 0 Å². The van der Waals surface area contributed by atoms with E-state index in [1.165, 1.54) is 11.1 Å². The lowest BCUT2D eigenvalue weighted by Crippen LogP contribution is -2.18. The number of anilines is 1. The third kappa shape index (κ3) is 3.78. The summed E-state index contributed by atoms with van der Waals surface area (Å²) in [6, 6.07) is 21.1. The van der Waals surface area contributed by atoms with Gasteiger partial charge >= 0.3 is 0 Å². The smallest absolute Gasteiger partial charge is 0.167 e. The van der Waals surface area contributed by atoms with E-state index < -0.39 is 0 Å². The van der Waals surface area contributed by atoms with Crippen LogP contribution in [0.5, 0.6) is 0 Å². The number of ether oxygens (including phenoxy) is 1. The molecular weight excluding hydrogens is 374 g/mol. The van der Waals surface area contributed by atoms with Crippen LogP contribution >= 0.6 is 0 Å². The average Bonchev–Trinajstić information content (AvgIpc) is 3.26. The summed E-state index contributed by atoms with van der Waals surface area (Å²) in [7, 11) is 0. The molecule has 5 rings (SSSR count). The molecule has 6 nitrogen and oxygen atoms in total. The lowest BCUT2D eigenvalue weighted by Gasteiger charge is -2.23. The number of nitrogens with zero attached hydrogens (tertiary/aromatic N) is 4. The van der Waals surface area contributed by atoms with Crippen molar-refractivity contribution in [3.05, 3.63) is 84.4 Å². The van der Waals surface area contributed by atoms with Gasteiger partial charge in [0.15, 0.2) is 17.0 Å². The fourth-order valence-electron chi connectivity index (χ4n) is 4.13. The maximum absolute atomic E-state index is 5.93. The molecule has 1 aliphatic rings. The topological polar surface area (TPSA) is 64.9 Å². The summed E-state index contributed by atoms with van der Waals surface area (Å²) in [5.41, 5.74) is 4.13. The second-order valence-electron chi connectivity index (χ2n) is 7.62. The fraction of sp³-hybridized carbons (Fsp3) is 0.292. The van der Waals surface area contributed by atoms with Crippen molar-refractivity contribution >= 4 is 17.0 Å². The standard InChI is InChI=1S/C24H25N5O/c1-3-9-18(10-4-1)20(19-11-5-2-6-12-19)15-25-23-22-24(27-16-26-23)29(17-28-22)21-13-7-8-14-30-21/h1-6,9-12,16-17,20-21H,7-8,13-15H2,(H,25,26,27). The molecule has 0 amide bonds. The van der Waals surface area contributed by atoms with E-state index in [0.29, 0.717) is 6.54 Å². The van der Waals surface area contributed by atoms with Gasteiger partial charge in [0.2, 0.25) is 0 Å². The molecule has 0 radical (unpaired) electrons. The van der Waals surface area contributed by atoms with Crippen molar-refractivity contribution in [1.29, 1.82) is 0 Å². The number of hydrogen-bond acceptors (Lipinski definition) is 5. The Bertz CT molecular complexity index is 1050. The number of benzene rings is 2. The van der Waals surface area contributed by atoms with Crippen LogP contribution in [-0.2, 0) is 4.74 Å². The first kappa shape index (κ1) is 18.8. The Labute approximate surface area is 176 Å². The summed E-state index contributed by atoms with van der Waals surface area (Å²) in [4.78, 5) is 13.6. The van der Waals surface area contributed by atoms with Crippen molar-refractivity contribution in [2.75, 3.05) is 18.5 Å². The SMILES string of the molecule is c1ccc(C(CNc2ncnc3c2ncn3C2CCCCO2)c2ccccc2)cc1. The molecule has 0 aliphatic carbocycles. The average molecular weight is 399 g/mol. The van der Waals surface area contributed by atoms with Gasteiger partial charge in [-0.3, -0.25) is 4.57 Å². The van der Waals surface area contributed by atoms with Crippen molar-refractivity contribution in [3.63, 3.8) is 0 Å². The third-order valence-electron chi connectivity index (χ3n) is 5.70. The minimum Gasteiger partial charge on any atom is -0.367 e. The van der Waals surface area contributed by atoms with Crippen molar-refractivity contribution in [3.8, 4) is 0 Å². The molecule has 1 unspecified atom stereocenters. The molecular formula is C24H25N5O. The van der Waals surface area contributed by atoms with Crippen LogP contribution in [0.15, 0.2) is 73.3 Å². The number of rotatable bonds is 6. The van der Waals surface area contributed by atoms with Crippen LogP contribution in [0.1, 0.15) is 42.5 Å². The van der Waals surface area contributed by atoms with Crippen molar-refractivity contribution in [2.45, 2.75) is 31.4 Å². The van der Waals surface area contributed by atoms with E-state index >= 15 is 0 Å². The second-order valence-corrected chi connectivity index (χ2v) is 7.62. The Morgan fingerprint density at radius 3 is 2.33 bits per heavy atom. The van der Waals surface area contributed by atoms with Gasteiger partial charge in [0.25, 0.3) is 0 Å². The highest BCUT2D eigenvalue weighted by atomic mass is 16.5. The van der Waals surface area contributed by atoms with Crippen LogP contribution in [0.3, 0.4) is 0 Å². The van der Waals surface area contributed by atoms with E-state index in [1.807, 2.05) is 23.0 Å². The second kappa shape index (κ2) is 8.63. The summed E-state index contributed by atoms with van der Waals surface area (Å²) in [5, 5.41) is 3.53. The van der Waals surface area contributed by atoms with Crippen molar-refractivity contribution < 1.29 is 4.74 Å². The van der Waals surface area contributed by atoms with Crippen LogP contribution in [-0.4, -0.2) is 32.7 Å². The predicted octanol–water partition coefficient (Wildman–Crippen LogP) is 4.77. The van der Waals surface area contributed by atoms with Gasteiger partial charge in [-0.25, -0.2) is 15.0 Å². The number of fused-ring (bicyclic) bond motifs is 1. The summed E-state index contributed by atoms with van der Waals surface area (Å²) in [6.45, 7) is 1.50. The molecule has 4 aromatic rings. The van der Waals surface area contributed by atoms with Gasteiger partial charge < -0.3 is 10.1 Å². The minimum atomic E-state index is 0.00730. The molecule has 3 heterocycles. The minimum absolute atomic E-state index is 0.00730. The molecule has 0 saturated carbocycles. The molecule has 152 valence electrons. The highest BCUT2D eigenvalue weighted by Gasteiger charge is 2.21. The molecule has 6 heteroatoms. The van der Waals surface area contributed by atoms with Gasteiger partial charge in [-0.1, -0.05) is 60.7 Å². The van der Waals surface area contributed by atoms with E-state index in [-0.39, 0.29) is 12.1 Å². The monoisotopic (exact) mass is 399 g/mol. The Morgan fingerprint density at radius 1 is 0.933 bits per heavy atom. The van der Waals surface area contributed by atoms with Crippen LogP contribution in [0.4, 0.5) is 5.82 Å². The molecule has 1 atom stereocenters. The number of imidazole rings is 1. The lowest BCUT2D eigenvalue weighted by molar-refractivity contribution is -0.0298. The first-order chi connectivity index (χ1) is 14.9. The zero-order valence-corrected chi connectivity index (χ0v) is 16.8. The van der Waals surface area contributed by atoms with E-state index in [9.17, 15) is 0 Å². The van der Waals surface area contributed by atoms with Crippen LogP contribution in [0.25, 0.3) is 11.2 Å². The Hall–Kier alpha value is -3.25. The quantitative estimate of drug-likeness (QED) is 0.506. The lowest BCUT2D eigenvalue weighted by atomic mass is 9.91. The van der Waals surface area contributed by atoms with Crippen LogP contribution in [0, 0.1) is 0 Å². The highest BCUT2D eigenvalue weighted by Crippen LogP contribution is 2.29. The maximum atomic E-state index is 5.93. The molecule has 1 fully saturated rings. The number of hydrogen-bond donors (Lipinski definition) is 1. The summed E-state index contributed by atoms with van der Waals surface area (Å²) in [5.74, 6) is 0.965. The first-order valence-electron chi connectivity index (χ1n) is 10.5. The predicted molar refractivity (Wildman–Crippen MR) is 117 cm³/mol. The molecule has 0 bridgehead atoms. The van der Waals surface area contributed by atoms with E-state index in [2.05, 4.69) is 68.8 Å². The number of nitrogens with one attached hydrogen (secondary N) is 1. The summed E-state index contributed by atoms with van der Waals surface area (Å²) in [6.07, 6.45) is 6.70. The Kier molecular flexibility index (Phi) is 5.40. The van der Waals surface area contributed by atoms with E-state index in [4.69, 9.17) is 4.74 Å². The summed E-state index contributed by atoms with van der Waals surface area (Å²) < 4.78 is 7.96. The largest absolute Gasteiger partial charge is 0.367 e. The molecule has 0 spiro atoms. The first-order valence-corrected chi connectivity index (χ1v) is 10.5. The van der Waals surface area contributed by atoms with Crippen molar-refractivity contribution in [2.24, 2.45) is 0 Å². The fourth-order valence-corrected chi connectivity index (χ4v) is 4.13. The molecule has 2 aromatic heterocycles. The van der Waals surface area contributed by atoms with Crippen molar-refractivity contribution in [1.82, 2.24) is 19.5 Å². The normalized spacial score (nSPS) is 16.8. The van der Waals surface area contributed by atoms with Gasteiger partial charge in [0.05, 0.1) is 6.33 Å². The number of aromatic nitrogens is 4. The van der Waals surface area contributed by atoms with Gasteiger partial charge in [-0.05, 0) is 30.4 Å². The van der Waals surface area contributed by atoms with E-state index in [0.717, 1.165) is 42.9 Å². The third-order valence-corrected chi connectivity index (χ3v) is 5.70. The van der Waals surface area contributed by atoms with Gasteiger partial charge in [-0.15, -0.1) is 0 Å². The van der Waals surface area contributed by atoms with Gasteiger partial charge in [0, 0.05) is 19.1 Å². The van der Waals surface area contributed by atoms with Crippen LogP contribution in [0.2, 0.25) is 0 Å². The Morgan fingerprint density at radius 2 is 1.67 bits per heavy atom. The van der Waals surface area contributed by atoms with Crippen LogP contribution < -0.4 is 5.32 Å². The molecule has 2 aromatic carbocycles. The van der Waals surface area contributed by atoms with E-state index in [1.54, 1.807) is 6.33 Å². The van der Waals surface area contributed by atoms with Gasteiger partial charge in [0.1, 0.15) is 12.6 Å². The zero-order chi connectivity index (χ0) is 20.2. The molecule has 1 saturated heterocycles. The molecule has 30 heavy (non-hydrogen) atoms. The highest BCUT2D eigenvalue weighted by molar-refractivity contribution is 5.82.